The van der Waals surface area contributed by atoms with Gasteiger partial charge in [0.2, 0.25) is 0 Å². The van der Waals surface area contributed by atoms with Crippen LogP contribution in [0.4, 0.5) is 4.39 Å². The van der Waals surface area contributed by atoms with Crippen molar-refractivity contribution in [3.63, 3.8) is 0 Å². The Kier molecular flexibility index (Phi) is 7.29. The molecule has 5 heteroatoms. The molecule has 2 rings (SSSR count). The lowest BCUT2D eigenvalue weighted by Crippen LogP contribution is -2.45. The molecule has 0 radical (unpaired) electrons. The molecule has 1 heterocycles. The van der Waals surface area contributed by atoms with Gasteiger partial charge in [-0.1, -0.05) is 29.3 Å². The highest BCUT2D eigenvalue weighted by molar-refractivity contribution is 9.10. The Balaban J connectivity index is 0.00000180. The Morgan fingerprint density at radius 1 is 1.32 bits per heavy atom. The van der Waals surface area contributed by atoms with E-state index in [1.54, 1.807) is 6.07 Å². The summed E-state index contributed by atoms with van der Waals surface area (Å²) < 4.78 is 14.4. The summed E-state index contributed by atoms with van der Waals surface area (Å²) in [5, 5.41) is 3.36. The molecule has 1 aliphatic heterocycles. The fourth-order valence-corrected chi connectivity index (χ4v) is 3.08. The number of rotatable bonds is 4. The number of nitrogens with one attached hydrogen (secondary N) is 1. The van der Waals surface area contributed by atoms with E-state index in [0.29, 0.717) is 6.04 Å². The second kappa shape index (κ2) is 8.20. The van der Waals surface area contributed by atoms with E-state index in [-0.39, 0.29) is 18.2 Å². The van der Waals surface area contributed by atoms with Crippen LogP contribution in [0.1, 0.15) is 31.4 Å². The second-order valence-electron chi connectivity index (χ2n) is 4.79. The Bertz CT molecular complexity index is 377. The van der Waals surface area contributed by atoms with E-state index < -0.39 is 0 Å². The van der Waals surface area contributed by atoms with Crippen LogP contribution in [0.3, 0.4) is 0 Å². The molecule has 0 spiro atoms. The van der Waals surface area contributed by atoms with Crippen LogP contribution < -0.4 is 5.32 Å². The van der Waals surface area contributed by atoms with E-state index in [2.05, 4.69) is 33.1 Å². The van der Waals surface area contributed by atoms with Crippen molar-refractivity contribution in [1.29, 1.82) is 0 Å². The lowest BCUT2D eigenvalue weighted by molar-refractivity contribution is 0.164. The van der Waals surface area contributed by atoms with E-state index in [0.717, 1.165) is 49.1 Å². The average molecular weight is 352 g/mol. The molecule has 0 aromatic heterocycles. The van der Waals surface area contributed by atoms with Crippen LogP contribution >= 0.6 is 28.3 Å². The number of hydrogen-bond acceptors (Lipinski definition) is 2. The fourth-order valence-electron chi connectivity index (χ4n) is 2.59. The van der Waals surface area contributed by atoms with Crippen molar-refractivity contribution in [1.82, 2.24) is 10.2 Å². The summed E-state index contributed by atoms with van der Waals surface area (Å²) in [4.78, 5) is 2.46. The second-order valence-corrected chi connectivity index (χ2v) is 5.71. The van der Waals surface area contributed by atoms with Crippen molar-refractivity contribution in [2.24, 2.45) is 0 Å². The third-order valence-electron chi connectivity index (χ3n) is 3.42. The van der Waals surface area contributed by atoms with Crippen LogP contribution in [0.5, 0.6) is 0 Å². The summed E-state index contributed by atoms with van der Waals surface area (Å²) in [6, 6.07) is 5.58. The zero-order chi connectivity index (χ0) is 13.0. The molecule has 0 saturated carbocycles. The molecular formula is C14H21BrClFN2. The molecule has 19 heavy (non-hydrogen) atoms. The van der Waals surface area contributed by atoms with E-state index in [9.17, 15) is 4.39 Å². The maximum absolute atomic E-state index is 13.5. The van der Waals surface area contributed by atoms with E-state index in [1.165, 1.54) is 6.07 Å². The molecule has 1 aromatic rings. The number of benzene rings is 1. The minimum absolute atomic E-state index is 0. The topological polar surface area (TPSA) is 15.3 Å². The first-order valence-corrected chi connectivity index (χ1v) is 7.40. The quantitative estimate of drug-likeness (QED) is 0.888. The van der Waals surface area contributed by atoms with Gasteiger partial charge < -0.3 is 5.32 Å². The van der Waals surface area contributed by atoms with Crippen LogP contribution in [0.25, 0.3) is 0 Å². The summed E-state index contributed by atoms with van der Waals surface area (Å²) in [5.74, 6) is -0.157. The van der Waals surface area contributed by atoms with Gasteiger partial charge in [0.25, 0.3) is 0 Å². The number of piperazine rings is 1. The first kappa shape index (κ1) is 16.9. The van der Waals surface area contributed by atoms with Gasteiger partial charge in [0.1, 0.15) is 5.82 Å². The van der Waals surface area contributed by atoms with E-state index in [4.69, 9.17) is 0 Å². The summed E-state index contributed by atoms with van der Waals surface area (Å²) in [6.07, 6.45) is 2.19. The van der Waals surface area contributed by atoms with Crippen LogP contribution in [-0.2, 0) is 0 Å². The standard InChI is InChI=1S/C14H20BrFN2.ClH/c1-2-3-14(18-6-4-17-5-7-18)11-8-12(15)10-13(16)9-11;/h8-10,14,17H,2-7H2,1H3;1H/t14-;/m0./s1. The van der Waals surface area contributed by atoms with Gasteiger partial charge in [-0.05, 0) is 30.2 Å². The van der Waals surface area contributed by atoms with Gasteiger partial charge in [0, 0.05) is 36.7 Å². The molecule has 0 amide bonds. The maximum Gasteiger partial charge on any atom is 0.124 e. The van der Waals surface area contributed by atoms with Crippen molar-refractivity contribution in [2.45, 2.75) is 25.8 Å². The molecular weight excluding hydrogens is 331 g/mol. The van der Waals surface area contributed by atoms with Crippen LogP contribution in [0, 0.1) is 5.82 Å². The predicted octanol–water partition coefficient (Wildman–Crippen LogP) is 3.76. The van der Waals surface area contributed by atoms with Crippen molar-refractivity contribution in [3.8, 4) is 0 Å². The first-order valence-electron chi connectivity index (χ1n) is 6.61. The lowest BCUT2D eigenvalue weighted by Gasteiger charge is -2.35. The zero-order valence-corrected chi connectivity index (χ0v) is 13.6. The van der Waals surface area contributed by atoms with Crippen LogP contribution in [0.15, 0.2) is 22.7 Å². The molecule has 108 valence electrons. The Labute approximate surface area is 129 Å². The highest BCUT2D eigenvalue weighted by Crippen LogP contribution is 2.28. The largest absolute Gasteiger partial charge is 0.314 e. The molecule has 1 N–H and O–H groups in total. The van der Waals surface area contributed by atoms with E-state index >= 15 is 0 Å². The number of hydrogen-bond donors (Lipinski definition) is 1. The van der Waals surface area contributed by atoms with Crippen molar-refractivity contribution in [2.75, 3.05) is 26.2 Å². The van der Waals surface area contributed by atoms with Gasteiger partial charge in [-0.15, -0.1) is 12.4 Å². The normalized spacial score (nSPS) is 17.8. The third-order valence-corrected chi connectivity index (χ3v) is 3.88. The van der Waals surface area contributed by atoms with Crippen LogP contribution in [-0.4, -0.2) is 31.1 Å². The molecule has 0 aliphatic carbocycles. The monoisotopic (exact) mass is 350 g/mol. The van der Waals surface area contributed by atoms with Gasteiger partial charge in [0.05, 0.1) is 0 Å². The summed E-state index contributed by atoms with van der Waals surface area (Å²) in [7, 11) is 0. The number of nitrogens with zero attached hydrogens (tertiary/aromatic N) is 1. The molecule has 0 bridgehead atoms. The van der Waals surface area contributed by atoms with Gasteiger partial charge in [-0.25, -0.2) is 4.39 Å². The van der Waals surface area contributed by atoms with Gasteiger partial charge in [-0.2, -0.15) is 0 Å². The molecule has 1 aromatic carbocycles. The van der Waals surface area contributed by atoms with Crippen molar-refractivity contribution >= 4 is 28.3 Å². The van der Waals surface area contributed by atoms with Crippen molar-refractivity contribution in [3.05, 3.63) is 34.1 Å². The van der Waals surface area contributed by atoms with Gasteiger partial charge >= 0.3 is 0 Å². The Morgan fingerprint density at radius 3 is 2.58 bits per heavy atom. The summed E-state index contributed by atoms with van der Waals surface area (Å²) in [6.45, 7) is 6.31. The molecule has 1 fully saturated rings. The predicted molar refractivity (Wildman–Crippen MR) is 83.4 cm³/mol. The Hall–Kier alpha value is -0.160. The van der Waals surface area contributed by atoms with Crippen LogP contribution in [0.2, 0.25) is 0 Å². The molecule has 1 atom stereocenters. The molecule has 1 aliphatic rings. The molecule has 1 saturated heterocycles. The minimum Gasteiger partial charge on any atom is -0.314 e. The number of halogens is 3. The first-order chi connectivity index (χ1) is 8.70. The smallest absolute Gasteiger partial charge is 0.124 e. The fraction of sp³-hybridized carbons (Fsp3) is 0.571. The SMILES string of the molecule is CCC[C@@H](c1cc(F)cc(Br)c1)N1CCNCC1.Cl. The summed E-state index contributed by atoms with van der Waals surface area (Å²) in [5.41, 5.74) is 1.09. The summed E-state index contributed by atoms with van der Waals surface area (Å²) >= 11 is 3.39. The van der Waals surface area contributed by atoms with Gasteiger partial charge in [0.15, 0.2) is 0 Å². The molecule has 0 unspecified atom stereocenters. The highest BCUT2D eigenvalue weighted by atomic mass is 79.9. The Morgan fingerprint density at radius 2 is 2.00 bits per heavy atom. The van der Waals surface area contributed by atoms with E-state index in [1.807, 2.05) is 6.07 Å². The molecule has 2 nitrogen and oxygen atoms in total. The lowest BCUT2D eigenvalue weighted by atomic mass is 10.00. The minimum atomic E-state index is -0.157. The third kappa shape index (κ3) is 4.71. The maximum atomic E-state index is 13.5. The van der Waals surface area contributed by atoms with Crippen molar-refractivity contribution < 1.29 is 4.39 Å². The van der Waals surface area contributed by atoms with Gasteiger partial charge in [-0.3, -0.25) is 4.90 Å². The highest BCUT2D eigenvalue weighted by Gasteiger charge is 2.22. The zero-order valence-electron chi connectivity index (χ0n) is 11.2. The average Bonchev–Trinajstić information content (AvgIpc) is 2.36.